The van der Waals surface area contributed by atoms with Gasteiger partial charge in [-0.25, -0.2) is 0 Å². The summed E-state index contributed by atoms with van der Waals surface area (Å²) in [5.41, 5.74) is 10.3. The first kappa shape index (κ1) is 14.3. The van der Waals surface area contributed by atoms with Crippen molar-refractivity contribution in [2.75, 3.05) is 0 Å². The van der Waals surface area contributed by atoms with Crippen LogP contribution in [0.4, 0.5) is 0 Å². The highest BCUT2D eigenvalue weighted by Gasteiger charge is 2.28. The zero-order chi connectivity index (χ0) is 14.7. The molecule has 2 aromatic rings. The van der Waals surface area contributed by atoms with E-state index in [9.17, 15) is 0 Å². The molecule has 1 fully saturated rings. The molecule has 0 saturated heterocycles. The van der Waals surface area contributed by atoms with Crippen LogP contribution in [0.2, 0.25) is 0 Å². The van der Waals surface area contributed by atoms with E-state index < -0.39 is 0 Å². The van der Waals surface area contributed by atoms with Gasteiger partial charge in [-0.2, -0.15) is 0 Å². The summed E-state index contributed by atoms with van der Waals surface area (Å²) in [5, 5.41) is 0. The van der Waals surface area contributed by atoms with Crippen LogP contribution >= 0.6 is 0 Å². The fourth-order valence-corrected chi connectivity index (χ4v) is 3.61. The maximum atomic E-state index is 6.51. The van der Waals surface area contributed by atoms with E-state index in [2.05, 4.69) is 61.5 Å². The number of hydrogen-bond acceptors (Lipinski definition) is 1. The first-order chi connectivity index (χ1) is 10.3. The van der Waals surface area contributed by atoms with Crippen molar-refractivity contribution in [1.82, 2.24) is 0 Å². The molecule has 2 aromatic carbocycles. The van der Waals surface area contributed by atoms with E-state index >= 15 is 0 Å². The summed E-state index contributed by atoms with van der Waals surface area (Å²) in [6.45, 7) is 2.30. The maximum absolute atomic E-state index is 6.51. The molecule has 1 heteroatoms. The van der Waals surface area contributed by atoms with Gasteiger partial charge in [0.25, 0.3) is 0 Å². The molecule has 0 heterocycles. The quantitative estimate of drug-likeness (QED) is 0.820. The highest BCUT2D eigenvalue weighted by Crippen LogP contribution is 2.39. The summed E-state index contributed by atoms with van der Waals surface area (Å²) < 4.78 is 0. The van der Waals surface area contributed by atoms with Crippen molar-refractivity contribution in [3.63, 3.8) is 0 Å². The first-order valence-corrected chi connectivity index (χ1v) is 8.19. The third-order valence-corrected chi connectivity index (χ3v) is 5.07. The summed E-state index contributed by atoms with van der Waals surface area (Å²) >= 11 is 0. The van der Waals surface area contributed by atoms with Crippen molar-refractivity contribution in [3.8, 4) is 11.1 Å². The number of nitrogens with two attached hydrogens (primary N) is 1. The molecule has 1 aliphatic carbocycles. The zero-order valence-corrected chi connectivity index (χ0v) is 12.8. The van der Waals surface area contributed by atoms with Crippen molar-refractivity contribution < 1.29 is 0 Å². The Bertz CT molecular complexity index is 558. The Labute approximate surface area is 128 Å². The van der Waals surface area contributed by atoms with Gasteiger partial charge in [0, 0.05) is 6.04 Å². The molecule has 0 aromatic heterocycles. The summed E-state index contributed by atoms with van der Waals surface area (Å²) in [6, 6.07) is 19.6. The lowest BCUT2D eigenvalue weighted by Crippen LogP contribution is -2.19. The van der Waals surface area contributed by atoms with Gasteiger partial charge in [-0.15, -0.1) is 0 Å². The van der Waals surface area contributed by atoms with Crippen LogP contribution in [0.1, 0.15) is 44.2 Å². The highest BCUT2D eigenvalue weighted by atomic mass is 14.7. The molecule has 3 atom stereocenters. The summed E-state index contributed by atoms with van der Waals surface area (Å²) in [5.74, 6) is 1.56. The Morgan fingerprint density at radius 2 is 1.62 bits per heavy atom. The average Bonchev–Trinajstić information content (AvgIpc) is 3.04. The van der Waals surface area contributed by atoms with Gasteiger partial charge in [0.1, 0.15) is 0 Å². The van der Waals surface area contributed by atoms with Gasteiger partial charge in [-0.3, -0.25) is 0 Å². The van der Waals surface area contributed by atoms with E-state index in [4.69, 9.17) is 5.73 Å². The third kappa shape index (κ3) is 3.19. The molecule has 3 unspecified atom stereocenters. The lowest BCUT2D eigenvalue weighted by molar-refractivity contribution is 0.416. The number of benzene rings is 2. The Balaban J connectivity index is 1.72. The van der Waals surface area contributed by atoms with E-state index in [0.717, 1.165) is 5.92 Å². The largest absolute Gasteiger partial charge is 0.324 e. The molecule has 110 valence electrons. The highest BCUT2D eigenvalue weighted by molar-refractivity contribution is 5.63. The fourth-order valence-electron chi connectivity index (χ4n) is 3.61. The lowest BCUT2D eigenvalue weighted by atomic mass is 9.90. The van der Waals surface area contributed by atoms with E-state index in [1.54, 1.807) is 0 Å². The Morgan fingerprint density at radius 3 is 2.24 bits per heavy atom. The van der Waals surface area contributed by atoms with Crippen molar-refractivity contribution in [2.24, 2.45) is 17.6 Å². The standard InChI is InChI=1S/C20H25N/c1-2-15-8-9-19(14-15)20(21)18-12-10-17(11-13-18)16-6-4-3-5-7-16/h3-7,10-13,15,19-20H,2,8-9,14,21H2,1H3. The van der Waals surface area contributed by atoms with E-state index in [1.807, 2.05) is 0 Å². The molecule has 0 spiro atoms. The van der Waals surface area contributed by atoms with Crippen molar-refractivity contribution >= 4 is 0 Å². The van der Waals surface area contributed by atoms with Gasteiger partial charge in [-0.05, 0) is 41.4 Å². The minimum absolute atomic E-state index is 0.200. The van der Waals surface area contributed by atoms with Crippen LogP contribution in [0, 0.1) is 11.8 Å². The zero-order valence-electron chi connectivity index (χ0n) is 12.8. The Hall–Kier alpha value is -1.60. The second kappa shape index (κ2) is 6.44. The van der Waals surface area contributed by atoms with Crippen molar-refractivity contribution in [3.05, 3.63) is 60.2 Å². The second-order valence-corrected chi connectivity index (χ2v) is 6.36. The van der Waals surface area contributed by atoms with Gasteiger partial charge in [0.05, 0.1) is 0 Å². The fraction of sp³-hybridized carbons (Fsp3) is 0.400. The molecule has 0 bridgehead atoms. The normalized spacial score (nSPS) is 23.1. The van der Waals surface area contributed by atoms with Gasteiger partial charge < -0.3 is 5.73 Å². The summed E-state index contributed by atoms with van der Waals surface area (Å²) in [7, 11) is 0. The molecular formula is C20H25N. The summed E-state index contributed by atoms with van der Waals surface area (Å²) in [6.07, 6.45) is 5.26. The molecule has 0 radical (unpaired) electrons. The van der Waals surface area contributed by atoms with Crippen LogP contribution in [-0.4, -0.2) is 0 Å². The third-order valence-electron chi connectivity index (χ3n) is 5.07. The lowest BCUT2D eigenvalue weighted by Gasteiger charge is -2.20. The molecule has 0 aliphatic heterocycles. The molecule has 21 heavy (non-hydrogen) atoms. The minimum atomic E-state index is 0.200. The van der Waals surface area contributed by atoms with Gasteiger partial charge >= 0.3 is 0 Å². The van der Waals surface area contributed by atoms with Crippen LogP contribution in [0.5, 0.6) is 0 Å². The van der Waals surface area contributed by atoms with E-state index in [-0.39, 0.29) is 6.04 Å². The number of rotatable bonds is 4. The molecular weight excluding hydrogens is 254 g/mol. The predicted octanol–water partition coefficient (Wildman–Crippen LogP) is 5.18. The molecule has 0 amide bonds. The van der Waals surface area contributed by atoms with Gasteiger partial charge in [0.2, 0.25) is 0 Å². The predicted molar refractivity (Wildman–Crippen MR) is 89.9 cm³/mol. The van der Waals surface area contributed by atoms with Crippen molar-refractivity contribution in [2.45, 2.75) is 38.6 Å². The van der Waals surface area contributed by atoms with E-state index in [0.29, 0.717) is 5.92 Å². The molecule has 1 nitrogen and oxygen atoms in total. The molecule has 3 rings (SSSR count). The van der Waals surface area contributed by atoms with Gasteiger partial charge in [-0.1, -0.05) is 74.4 Å². The first-order valence-electron chi connectivity index (χ1n) is 8.19. The second-order valence-electron chi connectivity index (χ2n) is 6.36. The SMILES string of the molecule is CCC1CCC(C(N)c2ccc(-c3ccccc3)cc2)C1. The summed E-state index contributed by atoms with van der Waals surface area (Å²) in [4.78, 5) is 0. The average molecular weight is 279 g/mol. The molecule has 1 saturated carbocycles. The van der Waals surface area contributed by atoms with Crippen LogP contribution in [0.3, 0.4) is 0 Å². The Morgan fingerprint density at radius 1 is 0.952 bits per heavy atom. The van der Waals surface area contributed by atoms with Crippen LogP contribution < -0.4 is 5.73 Å². The minimum Gasteiger partial charge on any atom is -0.324 e. The van der Waals surface area contributed by atoms with Crippen molar-refractivity contribution in [1.29, 1.82) is 0 Å². The van der Waals surface area contributed by atoms with E-state index in [1.165, 1.54) is 42.4 Å². The monoisotopic (exact) mass is 279 g/mol. The van der Waals surface area contributed by atoms with Crippen LogP contribution in [0.25, 0.3) is 11.1 Å². The molecule has 2 N–H and O–H groups in total. The molecule has 1 aliphatic rings. The Kier molecular flexibility index (Phi) is 4.40. The smallest absolute Gasteiger partial charge is 0.0323 e. The van der Waals surface area contributed by atoms with Gasteiger partial charge in [0.15, 0.2) is 0 Å². The topological polar surface area (TPSA) is 26.0 Å². The van der Waals surface area contributed by atoms with Crippen LogP contribution in [0.15, 0.2) is 54.6 Å². The number of hydrogen-bond donors (Lipinski definition) is 1. The maximum Gasteiger partial charge on any atom is 0.0323 e. The van der Waals surface area contributed by atoms with Crippen LogP contribution in [-0.2, 0) is 0 Å².